The molecule has 1 N–H and O–H groups in total. The zero-order chi connectivity index (χ0) is 18.4. The Labute approximate surface area is 155 Å². The first-order valence-electron chi connectivity index (χ1n) is 9.08. The summed E-state index contributed by atoms with van der Waals surface area (Å²) < 4.78 is 19.2. The molecule has 1 spiro atoms. The van der Waals surface area contributed by atoms with Crippen LogP contribution in [0.1, 0.15) is 12.8 Å². The molecule has 2 fully saturated rings. The monoisotopic (exact) mass is 366 g/mol. The molecule has 2 saturated heterocycles. The third-order valence-electron chi connectivity index (χ3n) is 5.44. The summed E-state index contributed by atoms with van der Waals surface area (Å²) in [5, 5.41) is 0. The molecule has 27 heavy (non-hydrogen) atoms. The quantitative estimate of drug-likeness (QED) is 0.751. The van der Waals surface area contributed by atoms with Gasteiger partial charge in [-0.1, -0.05) is 18.2 Å². The van der Waals surface area contributed by atoms with Crippen molar-refractivity contribution in [2.24, 2.45) is 0 Å². The van der Waals surface area contributed by atoms with Crippen LogP contribution in [0, 0.1) is 5.82 Å². The molecule has 2 aliphatic heterocycles. The lowest BCUT2D eigenvalue weighted by Crippen LogP contribution is -2.47. The zero-order valence-corrected chi connectivity index (χ0v) is 14.7. The van der Waals surface area contributed by atoms with Gasteiger partial charge < -0.3 is 14.6 Å². The number of nitrogens with zero attached hydrogens (tertiary/aromatic N) is 3. The topological polar surface area (TPSA) is 61.5 Å². The molecule has 0 aliphatic carbocycles. The molecule has 0 bridgehead atoms. The molecule has 0 atom stereocenters. The minimum atomic E-state index is -0.457. The van der Waals surface area contributed by atoms with E-state index in [4.69, 9.17) is 4.74 Å². The number of benzene rings is 2. The van der Waals surface area contributed by atoms with E-state index in [-0.39, 0.29) is 11.9 Å². The van der Waals surface area contributed by atoms with Crippen LogP contribution in [0.5, 0.6) is 0 Å². The third-order valence-corrected chi connectivity index (χ3v) is 5.44. The normalized spacial score (nSPS) is 19.1. The summed E-state index contributed by atoms with van der Waals surface area (Å²) in [5.74, 6) is 0.448. The van der Waals surface area contributed by atoms with Crippen LogP contribution in [0.2, 0.25) is 0 Å². The van der Waals surface area contributed by atoms with Gasteiger partial charge >= 0.3 is 6.09 Å². The van der Waals surface area contributed by atoms with Gasteiger partial charge in [0.25, 0.3) is 0 Å². The number of hydrogen-bond acceptors (Lipinski definition) is 4. The number of aromatic amines is 1. The van der Waals surface area contributed by atoms with Crippen molar-refractivity contribution < 1.29 is 13.9 Å². The van der Waals surface area contributed by atoms with Gasteiger partial charge in [-0.25, -0.2) is 14.2 Å². The average molecular weight is 366 g/mol. The van der Waals surface area contributed by atoms with Crippen molar-refractivity contribution in [2.45, 2.75) is 18.4 Å². The molecule has 2 aromatic carbocycles. The number of fused-ring (bicyclic) bond motifs is 1. The number of nitrogens with one attached hydrogen (secondary N) is 1. The summed E-state index contributed by atoms with van der Waals surface area (Å²) in [7, 11) is 0. The number of halogens is 1. The van der Waals surface area contributed by atoms with Crippen LogP contribution in [-0.2, 0) is 4.74 Å². The smallest absolute Gasteiger partial charge is 0.415 e. The predicted molar refractivity (Wildman–Crippen MR) is 100 cm³/mol. The van der Waals surface area contributed by atoms with E-state index in [2.05, 4.69) is 14.9 Å². The van der Waals surface area contributed by atoms with Crippen LogP contribution in [0.25, 0.3) is 11.0 Å². The minimum absolute atomic E-state index is 0.283. The van der Waals surface area contributed by atoms with Gasteiger partial charge in [-0.2, -0.15) is 0 Å². The number of hydrogen-bond donors (Lipinski definition) is 1. The Morgan fingerprint density at radius 2 is 1.89 bits per heavy atom. The highest BCUT2D eigenvalue weighted by atomic mass is 19.1. The molecular weight excluding hydrogens is 347 g/mol. The molecule has 2 aliphatic rings. The predicted octanol–water partition coefficient (Wildman–Crippen LogP) is 3.70. The van der Waals surface area contributed by atoms with Crippen molar-refractivity contribution in [1.82, 2.24) is 9.97 Å². The fraction of sp³-hybridized carbons (Fsp3) is 0.300. The SMILES string of the molecule is O=C1OC2(CCN(c3nc4ccc(F)cc4[nH]3)CC2)CN1c1ccccc1. The molecule has 7 heteroatoms. The number of aromatic nitrogens is 2. The van der Waals surface area contributed by atoms with E-state index in [1.54, 1.807) is 11.0 Å². The Morgan fingerprint density at radius 1 is 1.11 bits per heavy atom. The van der Waals surface area contributed by atoms with Crippen LogP contribution >= 0.6 is 0 Å². The number of carbonyl (C=O) groups excluding carboxylic acids is 1. The largest absolute Gasteiger partial charge is 0.440 e. The van der Waals surface area contributed by atoms with Gasteiger partial charge in [0.2, 0.25) is 5.95 Å². The van der Waals surface area contributed by atoms with Gasteiger partial charge in [-0.3, -0.25) is 4.90 Å². The molecule has 6 nitrogen and oxygen atoms in total. The first kappa shape index (κ1) is 16.1. The second-order valence-electron chi connectivity index (χ2n) is 7.18. The van der Waals surface area contributed by atoms with E-state index >= 15 is 0 Å². The van der Waals surface area contributed by atoms with Crippen molar-refractivity contribution in [3.05, 3.63) is 54.3 Å². The molecule has 0 radical (unpaired) electrons. The standard InChI is InChI=1S/C20H19FN4O2/c21-14-6-7-16-17(12-14)23-18(22-16)24-10-8-20(9-11-24)13-25(19(26)27-20)15-4-2-1-3-5-15/h1-7,12H,8-11,13H2,(H,22,23). The number of anilines is 2. The van der Waals surface area contributed by atoms with Gasteiger partial charge in [0, 0.05) is 31.6 Å². The number of amides is 1. The Hall–Kier alpha value is -3.09. The van der Waals surface area contributed by atoms with Crippen LogP contribution in [0.4, 0.5) is 20.8 Å². The Morgan fingerprint density at radius 3 is 2.67 bits per heavy atom. The second-order valence-corrected chi connectivity index (χ2v) is 7.18. The Kier molecular flexibility index (Phi) is 3.56. The van der Waals surface area contributed by atoms with E-state index in [9.17, 15) is 9.18 Å². The van der Waals surface area contributed by atoms with Gasteiger partial charge in [0.15, 0.2) is 0 Å². The number of ether oxygens (including phenoxy) is 1. The number of para-hydroxylation sites is 1. The van der Waals surface area contributed by atoms with E-state index in [0.29, 0.717) is 12.1 Å². The first-order valence-corrected chi connectivity index (χ1v) is 9.08. The van der Waals surface area contributed by atoms with Crippen molar-refractivity contribution in [3.63, 3.8) is 0 Å². The molecular formula is C20H19FN4O2. The summed E-state index contributed by atoms with van der Waals surface area (Å²) >= 11 is 0. The Bertz CT molecular complexity index is 996. The van der Waals surface area contributed by atoms with Crippen molar-refractivity contribution >= 4 is 28.8 Å². The number of imidazole rings is 1. The molecule has 138 valence electrons. The molecule has 5 rings (SSSR count). The van der Waals surface area contributed by atoms with Gasteiger partial charge in [-0.15, -0.1) is 0 Å². The van der Waals surface area contributed by atoms with Crippen LogP contribution < -0.4 is 9.80 Å². The van der Waals surface area contributed by atoms with E-state index in [1.807, 2.05) is 30.3 Å². The highest BCUT2D eigenvalue weighted by Crippen LogP contribution is 2.36. The lowest BCUT2D eigenvalue weighted by Gasteiger charge is -2.37. The first-order chi connectivity index (χ1) is 13.1. The number of rotatable bonds is 2. The summed E-state index contributed by atoms with van der Waals surface area (Å²) in [6.45, 7) is 2.01. The Balaban J connectivity index is 1.31. The van der Waals surface area contributed by atoms with Gasteiger partial charge in [0.1, 0.15) is 11.4 Å². The van der Waals surface area contributed by atoms with Crippen molar-refractivity contribution in [1.29, 1.82) is 0 Å². The lowest BCUT2D eigenvalue weighted by molar-refractivity contribution is 0.0365. The van der Waals surface area contributed by atoms with Gasteiger partial charge in [-0.05, 0) is 30.3 Å². The zero-order valence-electron chi connectivity index (χ0n) is 14.7. The van der Waals surface area contributed by atoms with E-state index in [1.165, 1.54) is 12.1 Å². The van der Waals surface area contributed by atoms with Crippen LogP contribution in [-0.4, -0.2) is 41.3 Å². The minimum Gasteiger partial charge on any atom is -0.440 e. The van der Waals surface area contributed by atoms with Crippen LogP contribution in [0.15, 0.2) is 48.5 Å². The maximum atomic E-state index is 13.4. The molecule has 0 saturated carbocycles. The molecule has 3 heterocycles. The highest BCUT2D eigenvalue weighted by Gasteiger charge is 2.47. The maximum absolute atomic E-state index is 13.4. The van der Waals surface area contributed by atoms with Crippen LogP contribution in [0.3, 0.4) is 0 Å². The van der Waals surface area contributed by atoms with Gasteiger partial charge in [0.05, 0.1) is 17.6 Å². The molecule has 1 amide bonds. The van der Waals surface area contributed by atoms with E-state index in [0.717, 1.165) is 43.1 Å². The summed E-state index contributed by atoms with van der Waals surface area (Å²) in [4.78, 5) is 24.0. The fourth-order valence-corrected chi connectivity index (χ4v) is 3.93. The lowest BCUT2D eigenvalue weighted by atomic mass is 9.91. The summed E-state index contributed by atoms with van der Waals surface area (Å²) in [5.41, 5.74) is 1.84. The number of piperidine rings is 1. The molecule has 1 aromatic heterocycles. The summed E-state index contributed by atoms with van der Waals surface area (Å²) in [6, 6.07) is 14.1. The summed E-state index contributed by atoms with van der Waals surface area (Å²) in [6.07, 6.45) is 1.18. The molecule has 0 unspecified atom stereocenters. The van der Waals surface area contributed by atoms with Crippen molar-refractivity contribution in [2.75, 3.05) is 29.4 Å². The highest BCUT2D eigenvalue weighted by molar-refractivity contribution is 5.90. The number of carbonyl (C=O) groups is 1. The second kappa shape index (κ2) is 5.97. The fourth-order valence-electron chi connectivity index (χ4n) is 3.93. The number of H-pyrrole nitrogens is 1. The maximum Gasteiger partial charge on any atom is 0.415 e. The third kappa shape index (κ3) is 2.79. The van der Waals surface area contributed by atoms with Crippen molar-refractivity contribution in [3.8, 4) is 0 Å². The van der Waals surface area contributed by atoms with E-state index < -0.39 is 5.60 Å². The molecule has 3 aromatic rings. The average Bonchev–Trinajstić information content (AvgIpc) is 3.24.